The maximum atomic E-state index is 12.9. The van der Waals surface area contributed by atoms with Gasteiger partial charge in [-0.05, 0) is 49.6 Å². The van der Waals surface area contributed by atoms with E-state index < -0.39 is 0 Å². The van der Waals surface area contributed by atoms with Gasteiger partial charge in [-0.25, -0.2) is 0 Å². The fourth-order valence-electron chi connectivity index (χ4n) is 3.45. The number of aromatic nitrogens is 3. The van der Waals surface area contributed by atoms with E-state index in [2.05, 4.69) is 27.4 Å². The lowest BCUT2D eigenvalue weighted by Gasteiger charge is -2.22. The minimum atomic E-state index is -0.350. The molecule has 3 rings (SSSR count). The van der Waals surface area contributed by atoms with Crippen LogP contribution in [0, 0.1) is 19.8 Å². The molecule has 8 heteroatoms. The Hall–Kier alpha value is -3.39. The number of nitrogens with zero attached hydrogens (tertiary/aromatic N) is 3. The number of anilines is 1. The predicted octanol–water partition coefficient (Wildman–Crippen LogP) is 4.94. The molecule has 2 N–H and O–H groups in total. The zero-order chi connectivity index (χ0) is 24.7. The lowest BCUT2D eigenvalue weighted by atomic mass is 10.0. The number of thioether (sulfide) groups is 1. The number of nitrogens with one attached hydrogen (secondary N) is 2. The van der Waals surface area contributed by atoms with Crippen molar-refractivity contribution in [2.75, 3.05) is 11.1 Å². The summed E-state index contributed by atoms with van der Waals surface area (Å²) in [5, 5.41) is 15.3. The summed E-state index contributed by atoms with van der Waals surface area (Å²) < 4.78 is 1.90. The Morgan fingerprint density at radius 3 is 2.47 bits per heavy atom. The topological polar surface area (TPSA) is 88.9 Å². The van der Waals surface area contributed by atoms with E-state index in [9.17, 15) is 9.59 Å². The number of hydrogen-bond acceptors (Lipinski definition) is 5. The number of aryl methyl sites for hydroxylation is 2. The van der Waals surface area contributed by atoms with Crippen LogP contribution in [0.4, 0.5) is 5.69 Å². The molecule has 0 aliphatic heterocycles. The van der Waals surface area contributed by atoms with E-state index in [0.717, 1.165) is 16.8 Å². The first kappa shape index (κ1) is 25.2. The molecular weight excluding hydrogens is 446 g/mol. The Kier molecular flexibility index (Phi) is 8.65. The summed E-state index contributed by atoms with van der Waals surface area (Å²) in [6, 6.07) is 14.8. The third-order valence-corrected chi connectivity index (χ3v) is 6.20. The third-order valence-electron chi connectivity index (χ3n) is 5.24. The molecule has 178 valence electrons. The number of carbonyl (C=O) groups excluding carboxylic acids is 2. The van der Waals surface area contributed by atoms with Crippen molar-refractivity contribution in [3.63, 3.8) is 0 Å². The lowest BCUT2D eigenvalue weighted by molar-refractivity contribution is -0.113. The van der Waals surface area contributed by atoms with Gasteiger partial charge in [-0.1, -0.05) is 61.5 Å². The predicted molar refractivity (Wildman–Crippen MR) is 137 cm³/mol. The largest absolute Gasteiger partial charge is 0.342 e. The molecule has 0 bridgehead atoms. The standard InChI is InChI=1S/C26H31N5O2S/c1-6-14-31-24(23(17(2)3)28-25(33)20-12-10-18(4)11-13-20)29-30-26(31)34-16-22(32)27-21-9-7-8-19(5)15-21/h6-13,15,17,23H,1,14,16H2,2-5H3,(H,27,32)(H,28,33)/t23-/m1/s1. The Morgan fingerprint density at radius 1 is 1.09 bits per heavy atom. The Labute approximate surface area is 205 Å². The van der Waals surface area contributed by atoms with Crippen LogP contribution in [0.5, 0.6) is 0 Å². The molecule has 0 unspecified atom stereocenters. The Morgan fingerprint density at radius 2 is 1.82 bits per heavy atom. The number of rotatable bonds is 10. The zero-order valence-electron chi connectivity index (χ0n) is 20.0. The molecule has 0 aliphatic carbocycles. The summed E-state index contributed by atoms with van der Waals surface area (Å²) in [6.45, 7) is 12.3. The van der Waals surface area contributed by atoms with E-state index in [1.54, 1.807) is 6.08 Å². The van der Waals surface area contributed by atoms with Gasteiger partial charge in [0.1, 0.15) is 0 Å². The molecule has 34 heavy (non-hydrogen) atoms. The van der Waals surface area contributed by atoms with E-state index in [0.29, 0.717) is 23.1 Å². The van der Waals surface area contributed by atoms with Gasteiger partial charge in [0.2, 0.25) is 5.91 Å². The second-order valence-corrected chi connectivity index (χ2v) is 9.45. The molecule has 0 spiro atoms. The number of hydrogen-bond donors (Lipinski definition) is 2. The van der Waals surface area contributed by atoms with Gasteiger partial charge < -0.3 is 15.2 Å². The van der Waals surface area contributed by atoms with Gasteiger partial charge in [-0.15, -0.1) is 16.8 Å². The maximum Gasteiger partial charge on any atom is 0.251 e. The first-order valence-electron chi connectivity index (χ1n) is 11.2. The smallest absolute Gasteiger partial charge is 0.251 e. The van der Waals surface area contributed by atoms with Gasteiger partial charge in [0, 0.05) is 17.8 Å². The summed E-state index contributed by atoms with van der Waals surface area (Å²) in [7, 11) is 0. The highest BCUT2D eigenvalue weighted by molar-refractivity contribution is 7.99. The van der Waals surface area contributed by atoms with Crippen molar-refractivity contribution in [3.8, 4) is 0 Å². The molecule has 0 saturated carbocycles. The van der Waals surface area contributed by atoms with E-state index in [4.69, 9.17) is 0 Å². The minimum absolute atomic E-state index is 0.0737. The molecule has 0 fully saturated rings. The Bertz CT molecular complexity index is 1150. The molecular formula is C26H31N5O2S. The molecule has 3 aromatic rings. The van der Waals surface area contributed by atoms with Crippen LogP contribution >= 0.6 is 11.8 Å². The third kappa shape index (κ3) is 6.57. The Balaban J connectivity index is 1.74. The minimum Gasteiger partial charge on any atom is -0.342 e. The number of benzene rings is 2. The van der Waals surface area contributed by atoms with Crippen LogP contribution in [0.25, 0.3) is 0 Å². The monoisotopic (exact) mass is 477 g/mol. The molecule has 1 heterocycles. The molecule has 2 aromatic carbocycles. The summed E-state index contributed by atoms with van der Waals surface area (Å²) in [4.78, 5) is 25.4. The van der Waals surface area contributed by atoms with Crippen LogP contribution in [0.1, 0.15) is 47.2 Å². The summed E-state index contributed by atoms with van der Waals surface area (Å²) in [5.74, 6) is 0.601. The molecule has 0 radical (unpaired) electrons. The van der Waals surface area contributed by atoms with E-state index in [-0.39, 0.29) is 29.5 Å². The van der Waals surface area contributed by atoms with Crippen LogP contribution in [0.3, 0.4) is 0 Å². The molecule has 0 saturated heterocycles. The van der Waals surface area contributed by atoms with Crippen molar-refractivity contribution in [2.24, 2.45) is 5.92 Å². The van der Waals surface area contributed by atoms with Gasteiger partial charge >= 0.3 is 0 Å². The van der Waals surface area contributed by atoms with Gasteiger partial charge in [-0.2, -0.15) is 0 Å². The number of carbonyl (C=O) groups is 2. The lowest BCUT2D eigenvalue weighted by Crippen LogP contribution is -2.33. The van der Waals surface area contributed by atoms with Crippen molar-refractivity contribution < 1.29 is 9.59 Å². The first-order valence-corrected chi connectivity index (χ1v) is 12.2. The van der Waals surface area contributed by atoms with E-state index in [1.807, 2.05) is 80.8 Å². The average Bonchev–Trinajstić information content (AvgIpc) is 3.18. The van der Waals surface area contributed by atoms with Crippen molar-refractivity contribution in [2.45, 2.75) is 45.4 Å². The van der Waals surface area contributed by atoms with Crippen molar-refractivity contribution >= 4 is 29.3 Å². The maximum absolute atomic E-state index is 12.9. The van der Waals surface area contributed by atoms with Crippen molar-refractivity contribution in [1.82, 2.24) is 20.1 Å². The van der Waals surface area contributed by atoms with Gasteiger partial charge in [-0.3, -0.25) is 9.59 Å². The first-order chi connectivity index (χ1) is 16.3. The fraction of sp³-hybridized carbons (Fsp3) is 0.308. The SMILES string of the molecule is C=CCn1c(SCC(=O)Nc2cccc(C)c2)nnc1[C@H](NC(=O)c1ccc(C)cc1)C(C)C. The van der Waals surface area contributed by atoms with Crippen molar-refractivity contribution in [3.05, 3.63) is 83.7 Å². The molecule has 2 amide bonds. The number of allylic oxidation sites excluding steroid dienone is 1. The molecule has 0 aliphatic rings. The van der Waals surface area contributed by atoms with Crippen LogP contribution in [0.15, 0.2) is 66.3 Å². The highest BCUT2D eigenvalue weighted by atomic mass is 32.2. The second-order valence-electron chi connectivity index (χ2n) is 8.51. The van der Waals surface area contributed by atoms with Gasteiger partial charge in [0.25, 0.3) is 5.91 Å². The normalized spacial score (nSPS) is 11.8. The van der Waals surface area contributed by atoms with Crippen LogP contribution in [-0.2, 0) is 11.3 Å². The zero-order valence-corrected chi connectivity index (χ0v) is 20.9. The summed E-state index contributed by atoms with van der Waals surface area (Å²) >= 11 is 1.30. The van der Waals surface area contributed by atoms with E-state index in [1.165, 1.54) is 11.8 Å². The highest BCUT2D eigenvalue weighted by Crippen LogP contribution is 2.26. The van der Waals surface area contributed by atoms with E-state index >= 15 is 0 Å². The van der Waals surface area contributed by atoms with Crippen LogP contribution in [0.2, 0.25) is 0 Å². The number of amides is 2. The molecule has 1 aromatic heterocycles. The molecule has 7 nitrogen and oxygen atoms in total. The fourth-order valence-corrected chi connectivity index (χ4v) is 4.20. The quantitative estimate of drug-likeness (QED) is 0.319. The van der Waals surface area contributed by atoms with Gasteiger partial charge in [0.05, 0.1) is 11.8 Å². The van der Waals surface area contributed by atoms with Crippen LogP contribution < -0.4 is 10.6 Å². The average molecular weight is 478 g/mol. The second kappa shape index (κ2) is 11.7. The molecule has 1 atom stereocenters. The highest BCUT2D eigenvalue weighted by Gasteiger charge is 2.26. The van der Waals surface area contributed by atoms with Crippen molar-refractivity contribution in [1.29, 1.82) is 0 Å². The summed E-state index contributed by atoms with van der Waals surface area (Å²) in [5.41, 5.74) is 3.52. The van der Waals surface area contributed by atoms with Crippen LogP contribution in [-0.4, -0.2) is 32.3 Å². The summed E-state index contributed by atoms with van der Waals surface area (Å²) in [6.07, 6.45) is 1.75. The van der Waals surface area contributed by atoms with Gasteiger partial charge in [0.15, 0.2) is 11.0 Å².